The fourth-order valence-corrected chi connectivity index (χ4v) is 5.17. The molecule has 0 spiro atoms. The molecule has 0 bridgehead atoms. The summed E-state index contributed by atoms with van der Waals surface area (Å²) in [5.74, 6) is 0.487. The molecule has 7 heteroatoms. The van der Waals surface area contributed by atoms with Gasteiger partial charge < -0.3 is 9.32 Å². The Bertz CT molecular complexity index is 1650. The summed E-state index contributed by atoms with van der Waals surface area (Å²) in [6.07, 6.45) is 0. The zero-order valence-electron chi connectivity index (χ0n) is 19.3. The molecule has 0 atom stereocenters. The van der Waals surface area contributed by atoms with Crippen LogP contribution in [0.15, 0.2) is 86.5 Å². The number of sulfonamides is 1. The van der Waals surface area contributed by atoms with Crippen LogP contribution in [0.1, 0.15) is 19.4 Å². The molecule has 0 unspecified atom stereocenters. The number of anilines is 1. The van der Waals surface area contributed by atoms with Crippen LogP contribution in [0.5, 0.6) is 0 Å². The summed E-state index contributed by atoms with van der Waals surface area (Å²) >= 11 is 0. The van der Waals surface area contributed by atoms with Gasteiger partial charge in [-0.3, -0.25) is 0 Å². The molecule has 2 aliphatic rings. The Morgan fingerprint density at radius 1 is 0.912 bits per heavy atom. The van der Waals surface area contributed by atoms with Crippen LogP contribution < -0.4 is 10.3 Å². The van der Waals surface area contributed by atoms with Gasteiger partial charge in [0.25, 0.3) is 10.0 Å². The van der Waals surface area contributed by atoms with E-state index < -0.39 is 10.0 Å². The number of nitrogens with zero attached hydrogens (tertiary/aromatic N) is 3. The third-order valence-electron chi connectivity index (χ3n) is 6.02. The maximum Gasteiger partial charge on any atom is 0.282 e. The van der Waals surface area contributed by atoms with Gasteiger partial charge in [0.2, 0.25) is 0 Å². The molecule has 34 heavy (non-hydrogen) atoms. The lowest BCUT2D eigenvalue weighted by atomic mass is 10.0. The topological polar surface area (TPSA) is 75.8 Å². The van der Waals surface area contributed by atoms with Crippen LogP contribution in [0.3, 0.4) is 0 Å². The average molecular weight is 472 g/mol. The minimum Gasteiger partial charge on any atom is -0.453 e. The lowest BCUT2D eigenvalue weighted by Crippen LogP contribution is -2.21. The number of benzene rings is 4. The van der Waals surface area contributed by atoms with Crippen molar-refractivity contribution in [1.29, 1.82) is 0 Å². The highest BCUT2D eigenvalue weighted by Crippen LogP contribution is 2.32. The Labute approximate surface area is 198 Å². The van der Waals surface area contributed by atoms with E-state index in [1.807, 2.05) is 49.4 Å². The molecule has 0 saturated heterocycles. The lowest BCUT2D eigenvalue weighted by molar-refractivity contribution is 0.596. The molecule has 172 valence electrons. The van der Waals surface area contributed by atoms with E-state index in [1.54, 1.807) is 30.3 Å². The Balaban J connectivity index is 1.78. The predicted molar refractivity (Wildman–Crippen MR) is 136 cm³/mol. The molecule has 3 aromatic rings. The molecular formula is C27H25N3O3S. The molecule has 3 aromatic carbocycles. The zero-order chi connectivity index (χ0) is 23.9. The third kappa shape index (κ3) is 3.92. The lowest BCUT2D eigenvalue weighted by Gasteiger charge is -2.21. The number of hydrogen-bond donors (Lipinski definition) is 0. The second-order valence-corrected chi connectivity index (χ2v) is 9.81. The summed E-state index contributed by atoms with van der Waals surface area (Å²) in [4.78, 5) is 7.24. The van der Waals surface area contributed by atoms with Crippen molar-refractivity contribution in [2.75, 3.05) is 18.0 Å². The molecular weight excluding hydrogens is 446 g/mol. The predicted octanol–water partition coefficient (Wildman–Crippen LogP) is 5.53. The highest BCUT2D eigenvalue weighted by atomic mass is 32.2. The standard InChI is InChI=1S/C27H25N3O3S/c1-4-30(5-2)19-12-15-23-25(16-19)33-26-17-24(21-8-6-7-9-22(21)27(26)28-23)29-34(31,32)20-13-10-18(3)11-14-20/h6-17H,4-5H2,1-3H3. The SMILES string of the molecule is CCN(CC)c1ccc2nc3c4ccccc4c(=NS(=O)(=O)c4ccc(C)cc4)cc-3oc2c1. The molecule has 0 amide bonds. The van der Waals surface area contributed by atoms with Gasteiger partial charge in [0.15, 0.2) is 11.3 Å². The third-order valence-corrected chi connectivity index (χ3v) is 7.33. The molecule has 5 rings (SSSR count). The fourth-order valence-electron chi connectivity index (χ4n) is 4.18. The van der Waals surface area contributed by atoms with Crippen LogP contribution >= 0.6 is 0 Å². The first-order valence-corrected chi connectivity index (χ1v) is 12.7. The van der Waals surface area contributed by atoms with E-state index in [-0.39, 0.29) is 4.90 Å². The van der Waals surface area contributed by atoms with Gasteiger partial charge in [-0.05, 0) is 45.0 Å². The van der Waals surface area contributed by atoms with Crippen LogP contribution in [0, 0.1) is 6.92 Å². The van der Waals surface area contributed by atoms with Crippen molar-refractivity contribution >= 4 is 37.6 Å². The summed E-state index contributed by atoms with van der Waals surface area (Å²) in [7, 11) is -3.90. The van der Waals surface area contributed by atoms with E-state index in [4.69, 9.17) is 9.40 Å². The Hall–Kier alpha value is -3.71. The summed E-state index contributed by atoms with van der Waals surface area (Å²) in [6, 6.07) is 21.8. The minimum absolute atomic E-state index is 0.153. The number of aromatic nitrogens is 1. The summed E-state index contributed by atoms with van der Waals surface area (Å²) in [5.41, 5.74) is 4.08. The fraction of sp³-hybridized carbons (Fsp3) is 0.185. The van der Waals surface area contributed by atoms with E-state index in [1.165, 1.54) is 0 Å². The molecule has 1 aliphatic heterocycles. The Kier molecular flexibility index (Phi) is 5.57. The van der Waals surface area contributed by atoms with Crippen molar-refractivity contribution in [3.63, 3.8) is 0 Å². The highest BCUT2D eigenvalue weighted by Gasteiger charge is 2.18. The first-order valence-electron chi connectivity index (χ1n) is 11.3. The number of aryl methyl sites for hydroxylation is 1. The van der Waals surface area contributed by atoms with Gasteiger partial charge in [0.1, 0.15) is 11.2 Å². The maximum absolute atomic E-state index is 13.1. The van der Waals surface area contributed by atoms with Crippen molar-refractivity contribution in [1.82, 2.24) is 4.98 Å². The van der Waals surface area contributed by atoms with Crippen molar-refractivity contribution in [2.24, 2.45) is 4.40 Å². The van der Waals surface area contributed by atoms with Crippen LogP contribution in [0.2, 0.25) is 0 Å². The van der Waals surface area contributed by atoms with Crippen molar-refractivity contribution in [3.8, 4) is 11.5 Å². The van der Waals surface area contributed by atoms with Crippen LogP contribution in [-0.2, 0) is 10.0 Å². The van der Waals surface area contributed by atoms with Gasteiger partial charge in [0.05, 0.1) is 10.3 Å². The first-order chi connectivity index (χ1) is 16.4. The average Bonchev–Trinajstić information content (AvgIpc) is 2.84. The summed E-state index contributed by atoms with van der Waals surface area (Å²) in [6.45, 7) is 7.89. The smallest absolute Gasteiger partial charge is 0.282 e. The molecule has 0 saturated carbocycles. The van der Waals surface area contributed by atoms with Gasteiger partial charge in [-0.25, -0.2) is 4.98 Å². The number of rotatable bonds is 5. The van der Waals surface area contributed by atoms with Crippen LogP contribution in [-0.4, -0.2) is 26.5 Å². The molecule has 0 aromatic heterocycles. The second-order valence-electron chi connectivity index (χ2n) is 8.21. The maximum atomic E-state index is 13.1. The first kappa shape index (κ1) is 22.1. The van der Waals surface area contributed by atoms with Crippen molar-refractivity contribution < 1.29 is 12.8 Å². The van der Waals surface area contributed by atoms with Crippen LogP contribution in [0.25, 0.3) is 33.3 Å². The van der Waals surface area contributed by atoms with Gasteiger partial charge in [-0.2, -0.15) is 12.8 Å². The molecule has 1 heterocycles. The van der Waals surface area contributed by atoms with Crippen molar-refractivity contribution in [3.05, 3.63) is 83.7 Å². The molecule has 0 fully saturated rings. The normalized spacial score (nSPS) is 12.6. The zero-order valence-corrected chi connectivity index (χ0v) is 20.1. The van der Waals surface area contributed by atoms with Gasteiger partial charge in [0, 0.05) is 41.7 Å². The van der Waals surface area contributed by atoms with Crippen molar-refractivity contribution in [2.45, 2.75) is 25.7 Å². The summed E-state index contributed by atoms with van der Waals surface area (Å²) in [5, 5.41) is 1.82. The number of fused-ring (bicyclic) bond motifs is 4. The van der Waals surface area contributed by atoms with E-state index in [9.17, 15) is 8.42 Å². The Morgan fingerprint density at radius 3 is 2.32 bits per heavy atom. The minimum atomic E-state index is -3.90. The van der Waals surface area contributed by atoms with E-state index in [2.05, 4.69) is 23.1 Å². The van der Waals surface area contributed by atoms with E-state index in [0.717, 1.165) is 35.2 Å². The van der Waals surface area contributed by atoms with E-state index >= 15 is 0 Å². The Morgan fingerprint density at radius 2 is 1.62 bits per heavy atom. The molecule has 0 N–H and O–H groups in total. The van der Waals surface area contributed by atoms with Crippen LogP contribution in [0.4, 0.5) is 5.69 Å². The monoisotopic (exact) mass is 471 g/mol. The molecule has 0 radical (unpaired) electrons. The largest absolute Gasteiger partial charge is 0.453 e. The highest BCUT2D eigenvalue weighted by molar-refractivity contribution is 7.90. The molecule has 6 nitrogen and oxygen atoms in total. The summed E-state index contributed by atoms with van der Waals surface area (Å²) < 4.78 is 36.6. The second kappa shape index (κ2) is 8.57. The quantitative estimate of drug-likeness (QED) is 0.249. The number of hydrogen-bond acceptors (Lipinski definition) is 5. The van der Waals surface area contributed by atoms with E-state index in [0.29, 0.717) is 27.8 Å². The van der Waals surface area contributed by atoms with Gasteiger partial charge in [-0.1, -0.05) is 42.0 Å². The van der Waals surface area contributed by atoms with Gasteiger partial charge in [-0.15, -0.1) is 0 Å². The molecule has 1 aliphatic carbocycles. The van der Waals surface area contributed by atoms with Gasteiger partial charge >= 0.3 is 0 Å².